The van der Waals surface area contributed by atoms with Crippen molar-refractivity contribution in [1.82, 2.24) is 10.2 Å². The molecule has 0 aliphatic carbocycles. The molecule has 1 aromatic rings. The predicted molar refractivity (Wildman–Crippen MR) is 93.2 cm³/mol. The van der Waals surface area contributed by atoms with Gasteiger partial charge in [0, 0.05) is 16.2 Å². The molecule has 0 bridgehead atoms. The number of halogens is 2. The summed E-state index contributed by atoms with van der Waals surface area (Å²) in [5.74, 6) is 0.0482. The van der Waals surface area contributed by atoms with Crippen molar-refractivity contribution in [2.75, 3.05) is 32.0 Å². The molecule has 6 heteroatoms. The quantitative estimate of drug-likeness (QED) is 0.849. The summed E-state index contributed by atoms with van der Waals surface area (Å²) < 4.78 is 1.01. The lowest BCUT2D eigenvalue weighted by molar-refractivity contribution is -0.117. The maximum Gasteiger partial charge on any atom is 0.238 e. The van der Waals surface area contributed by atoms with Crippen molar-refractivity contribution in [1.29, 1.82) is 0 Å². The van der Waals surface area contributed by atoms with E-state index in [1.54, 1.807) is 0 Å². The third-order valence-corrected chi connectivity index (χ3v) is 4.22. The molecule has 1 aliphatic rings. The van der Waals surface area contributed by atoms with Gasteiger partial charge in [0.15, 0.2) is 0 Å². The second kappa shape index (κ2) is 9.41. The first kappa shape index (κ1) is 18.4. The normalized spacial score (nSPS) is 18.7. The van der Waals surface area contributed by atoms with E-state index < -0.39 is 0 Å². The average Bonchev–Trinajstić information content (AvgIpc) is 2.70. The number of hydrogen-bond donors (Lipinski definition) is 2. The minimum absolute atomic E-state index is 0. The van der Waals surface area contributed by atoms with E-state index in [9.17, 15) is 4.79 Å². The number of nitrogens with one attached hydrogen (secondary N) is 2. The molecule has 2 N–H and O–H groups in total. The van der Waals surface area contributed by atoms with Crippen LogP contribution in [0.2, 0.25) is 0 Å². The summed E-state index contributed by atoms with van der Waals surface area (Å²) in [7, 11) is 2.04. The van der Waals surface area contributed by atoms with E-state index in [4.69, 9.17) is 0 Å². The summed E-state index contributed by atoms with van der Waals surface area (Å²) in [5.41, 5.74) is 0.842. The Bertz CT molecular complexity index is 433. The van der Waals surface area contributed by atoms with Gasteiger partial charge in [0.1, 0.15) is 0 Å². The van der Waals surface area contributed by atoms with Crippen molar-refractivity contribution in [2.24, 2.45) is 0 Å². The molecular formula is C15H23BrClN3O. The van der Waals surface area contributed by atoms with Crippen LogP contribution in [0.4, 0.5) is 5.69 Å². The first-order valence-corrected chi connectivity index (χ1v) is 7.91. The Kier molecular flexibility index (Phi) is 8.26. The highest BCUT2D eigenvalue weighted by atomic mass is 79.9. The van der Waals surface area contributed by atoms with Crippen molar-refractivity contribution in [3.63, 3.8) is 0 Å². The van der Waals surface area contributed by atoms with Gasteiger partial charge in [-0.25, -0.2) is 0 Å². The molecule has 1 saturated heterocycles. The smallest absolute Gasteiger partial charge is 0.238 e. The van der Waals surface area contributed by atoms with E-state index in [1.807, 2.05) is 31.3 Å². The molecule has 1 amide bonds. The van der Waals surface area contributed by atoms with Crippen molar-refractivity contribution in [3.8, 4) is 0 Å². The second-order valence-corrected chi connectivity index (χ2v) is 6.22. The molecule has 1 atom stereocenters. The van der Waals surface area contributed by atoms with Crippen LogP contribution in [0.25, 0.3) is 0 Å². The summed E-state index contributed by atoms with van der Waals surface area (Å²) in [5, 5.41) is 6.34. The van der Waals surface area contributed by atoms with Gasteiger partial charge in [0.2, 0.25) is 5.91 Å². The number of hydrogen-bond acceptors (Lipinski definition) is 3. The number of rotatable bonds is 4. The fourth-order valence-corrected chi connectivity index (χ4v) is 2.80. The van der Waals surface area contributed by atoms with Crippen LogP contribution in [0, 0.1) is 0 Å². The van der Waals surface area contributed by atoms with Gasteiger partial charge in [-0.05, 0) is 63.7 Å². The van der Waals surface area contributed by atoms with Crippen LogP contribution in [0.15, 0.2) is 28.7 Å². The lowest BCUT2D eigenvalue weighted by atomic mass is 10.1. The summed E-state index contributed by atoms with van der Waals surface area (Å²) in [4.78, 5) is 14.2. The number of carbonyl (C=O) groups excluding carboxylic acids is 1. The van der Waals surface area contributed by atoms with Crippen LogP contribution in [-0.2, 0) is 4.79 Å². The SMILES string of the molecule is CN(CC(=O)Nc1ccc(Br)cc1)C1CCCNCC1.Cl. The van der Waals surface area contributed by atoms with E-state index in [2.05, 4.69) is 31.5 Å². The second-order valence-electron chi connectivity index (χ2n) is 5.30. The highest BCUT2D eigenvalue weighted by Gasteiger charge is 2.18. The first-order chi connectivity index (χ1) is 9.65. The van der Waals surface area contributed by atoms with Gasteiger partial charge in [0.25, 0.3) is 0 Å². The fourth-order valence-electron chi connectivity index (χ4n) is 2.53. The molecule has 1 fully saturated rings. The molecule has 1 aromatic carbocycles. The zero-order valence-corrected chi connectivity index (χ0v) is 14.7. The number of anilines is 1. The zero-order chi connectivity index (χ0) is 14.4. The molecule has 118 valence electrons. The van der Waals surface area contributed by atoms with Crippen LogP contribution in [0.1, 0.15) is 19.3 Å². The van der Waals surface area contributed by atoms with Crippen LogP contribution in [0.5, 0.6) is 0 Å². The van der Waals surface area contributed by atoms with Gasteiger partial charge in [-0.2, -0.15) is 0 Å². The summed E-state index contributed by atoms with van der Waals surface area (Å²) in [6.07, 6.45) is 3.46. The number of likely N-dealkylation sites (N-methyl/N-ethyl adjacent to an activating group) is 1. The van der Waals surface area contributed by atoms with Gasteiger partial charge in [-0.15, -0.1) is 12.4 Å². The van der Waals surface area contributed by atoms with Crippen LogP contribution >= 0.6 is 28.3 Å². The van der Waals surface area contributed by atoms with Crippen molar-refractivity contribution < 1.29 is 4.79 Å². The third kappa shape index (κ3) is 6.34. The Morgan fingerprint density at radius 2 is 2.05 bits per heavy atom. The Labute approximate surface area is 141 Å². The first-order valence-electron chi connectivity index (χ1n) is 7.11. The number of amides is 1. The lowest BCUT2D eigenvalue weighted by Gasteiger charge is -2.26. The van der Waals surface area contributed by atoms with Crippen molar-refractivity contribution in [3.05, 3.63) is 28.7 Å². The summed E-state index contributed by atoms with van der Waals surface area (Å²) in [6, 6.07) is 8.16. The molecule has 1 aliphatic heterocycles. The fraction of sp³-hybridized carbons (Fsp3) is 0.533. The standard InChI is InChI=1S/C15H22BrN3O.ClH/c1-19(14-3-2-9-17-10-8-14)11-15(20)18-13-6-4-12(16)5-7-13;/h4-7,14,17H,2-3,8-11H2,1H3,(H,18,20);1H. The minimum atomic E-state index is 0. The topological polar surface area (TPSA) is 44.4 Å². The van der Waals surface area contributed by atoms with Gasteiger partial charge < -0.3 is 10.6 Å². The Hall–Kier alpha value is -0.620. The van der Waals surface area contributed by atoms with E-state index in [1.165, 1.54) is 6.42 Å². The molecule has 4 nitrogen and oxygen atoms in total. The number of carbonyl (C=O) groups is 1. The monoisotopic (exact) mass is 375 g/mol. The Morgan fingerprint density at radius 3 is 2.76 bits per heavy atom. The third-order valence-electron chi connectivity index (χ3n) is 3.69. The molecule has 1 heterocycles. The minimum Gasteiger partial charge on any atom is -0.325 e. The number of nitrogens with zero attached hydrogens (tertiary/aromatic N) is 1. The molecule has 0 radical (unpaired) electrons. The van der Waals surface area contributed by atoms with E-state index in [0.29, 0.717) is 12.6 Å². The summed E-state index contributed by atoms with van der Waals surface area (Å²) in [6.45, 7) is 2.58. The van der Waals surface area contributed by atoms with Crippen molar-refractivity contribution >= 4 is 39.9 Å². The lowest BCUT2D eigenvalue weighted by Crippen LogP contribution is -2.38. The molecule has 0 spiro atoms. The van der Waals surface area contributed by atoms with Gasteiger partial charge >= 0.3 is 0 Å². The van der Waals surface area contributed by atoms with Crippen LogP contribution < -0.4 is 10.6 Å². The molecular weight excluding hydrogens is 354 g/mol. The van der Waals surface area contributed by atoms with Gasteiger partial charge in [-0.1, -0.05) is 15.9 Å². The van der Waals surface area contributed by atoms with E-state index in [0.717, 1.165) is 36.1 Å². The highest BCUT2D eigenvalue weighted by Crippen LogP contribution is 2.15. The zero-order valence-electron chi connectivity index (χ0n) is 12.3. The van der Waals surface area contributed by atoms with Gasteiger partial charge in [-0.3, -0.25) is 9.69 Å². The Morgan fingerprint density at radius 1 is 1.33 bits per heavy atom. The maximum atomic E-state index is 12.1. The highest BCUT2D eigenvalue weighted by molar-refractivity contribution is 9.10. The predicted octanol–water partition coefficient (Wildman–Crippen LogP) is 2.88. The molecule has 21 heavy (non-hydrogen) atoms. The molecule has 0 aromatic heterocycles. The van der Waals surface area contributed by atoms with E-state index in [-0.39, 0.29) is 18.3 Å². The van der Waals surface area contributed by atoms with Gasteiger partial charge in [0.05, 0.1) is 6.54 Å². The van der Waals surface area contributed by atoms with Crippen molar-refractivity contribution in [2.45, 2.75) is 25.3 Å². The summed E-state index contributed by atoms with van der Waals surface area (Å²) >= 11 is 3.38. The molecule has 2 rings (SSSR count). The van der Waals surface area contributed by atoms with E-state index >= 15 is 0 Å². The maximum absolute atomic E-state index is 12.1. The largest absolute Gasteiger partial charge is 0.325 e. The van der Waals surface area contributed by atoms with Crippen LogP contribution in [-0.4, -0.2) is 43.5 Å². The molecule has 0 saturated carbocycles. The molecule has 1 unspecified atom stereocenters. The number of benzene rings is 1. The average molecular weight is 377 g/mol. The Balaban J connectivity index is 0.00000220. The van der Waals surface area contributed by atoms with Crippen LogP contribution in [0.3, 0.4) is 0 Å².